The fraction of sp³-hybridized carbons (Fsp3) is 0.350. The van der Waals surface area contributed by atoms with Crippen LogP contribution in [0.2, 0.25) is 5.02 Å². The monoisotopic (exact) mass is 429 g/mol. The van der Waals surface area contributed by atoms with E-state index in [1.807, 2.05) is 25.1 Å². The van der Waals surface area contributed by atoms with Crippen molar-refractivity contribution in [3.05, 3.63) is 63.9 Å². The van der Waals surface area contributed by atoms with Gasteiger partial charge in [0, 0.05) is 43.4 Å². The number of rotatable bonds is 3. The van der Waals surface area contributed by atoms with Gasteiger partial charge in [0.2, 0.25) is 0 Å². The molecule has 1 fully saturated rings. The molecule has 1 aliphatic heterocycles. The third kappa shape index (κ3) is 5.39. The molecule has 2 aromatic carbocycles. The largest absolute Gasteiger partial charge is 0.419 e. The van der Waals surface area contributed by atoms with Crippen LogP contribution < -0.4 is 5.32 Å². The molecule has 2 amide bonds. The van der Waals surface area contributed by atoms with Gasteiger partial charge in [-0.3, -0.25) is 4.90 Å². The smallest absolute Gasteiger partial charge is 0.322 e. The number of hydrogen-bond acceptors (Lipinski definition) is 2. The Bertz CT molecular complexity index is 896. The zero-order valence-corrected chi connectivity index (χ0v) is 16.4. The second-order valence-corrected chi connectivity index (χ2v) is 7.38. The highest BCUT2D eigenvalue weighted by Gasteiger charge is 2.34. The van der Waals surface area contributed by atoms with Crippen molar-refractivity contribution in [1.29, 1.82) is 0 Å². The van der Waals surface area contributed by atoms with E-state index < -0.39 is 23.6 Å². The molecule has 0 atom stereocenters. The van der Waals surface area contributed by atoms with Crippen LogP contribution in [0.1, 0.15) is 16.7 Å². The molecule has 0 aromatic heterocycles. The maximum Gasteiger partial charge on any atom is 0.419 e. The van der Waals surface area contributed by atoms with E-state index >= 15 is 0 Å². The predicted octanol–water partition coefficient (Wildman–Crippen LogP) is 5.16. The maximum absolute atomic E-state index is 13.4. The minimum Gasteiger partial charge on any atom is -0.322 e. The van der Waals surface area contributed by atoms with Gasteiger partial charge in [0.15, 0.2) is 0 Å². The van der Waals surface area contributed by atoms with E-state index in [1.165, 1.54) is 4.90 Å². The SMILES string of the molecule is Cc1ccc(CN2CCN(C(=O)Nc3ccc(F)c(C(F)(F)F)c3)CC2)cc1Cl. The number of carbonyl (C=O) groups is 1. The first kappa shape index (κ1) is 21.4. The summed E-state index contributed by atoms with van der Waals surface area (Å²) < 4.78 is 51.8. The van der Waals surface area contributed by atoms with Crippen molar-refractivity contribution in [2.75, 3.05) is 31.5 Å². The van der Waals surface area contributed by atoms with Crippen LogP contribution in [-0.4, -0.2) is 42.0 Å². The van der Waals surface area contributed by atoms with E-state index in [1.54, 1.807) is 0 Å². The number of amides is 2. The minimum atomic E-state index is -4.82. The number of alkyl halides is 3. The Morgan fingerprint density at radius 2 is 1.79 bits per heavy atom. The van der Waals surface area contributed by atoms with Gasteiger partial charge in [-0.15, -0.1) is 0 Å². The van der Waals surface area contributed by atoms with Gasteiger partial charge in [0.05, 0.1) is 5.56 Å². The van der Waals surface area contributed by atoms with Gasteiger partial charge >= 0.3 is 12.2 Å². The lowest BCUT2D eigenvalue weighted by atomic mass is 10.1. The van der Waals surface area contributed by atoms with Gasteiger partial charge < -0.3 is 10.2 Å². The van der Waals surface area contributed by atoms with E-state index in [9.17, 15) is 22.4 Å². The Labute approximate surface area is 171 Å². The molecule has 1 saturated heterocycles. The molecular weight excluding hydrogens is 410 g/mol. The molecule has 3 rings (SSSR count). The molecule has 0 bridgehead atoms. The highest BCUT2D eigenvalue weighted by atomic mass is 35.5. The quantitative estimate of drug-likeness (QED) is 0.684. The standard InChI is InChI=1S/C20H20ClF4N3O/c1-13-2-3-14(10-17(13)21)12-27-6-8-28(9-7-27)19(29)26-15-4-5-18(22)16(11-15)20(23,24)25/h2-5,10-11H,6-9,12H2,1H3,(H,26,29). The van der Waals surface area contributed by atoms with Gasteiger partial charge in [0.1, 0.15) is 5.82 Å². The topological polar surface area (TPSA) is 35.6 Å². The average Bonchev–Trinajstić information content (AvgIpc) is 2.66. The summed E-state index contributed by atoms with van der Waals surface area (Å²) in [7, 11) is 0. The first-order valence-electron chi connectivity index (χ1n) is 9.03. The Morgan fingerprint density at radius 1 is 1.10 bits per heavy atom. The van der Waals surface area contributed by atoms with Crippen molar-refractivity contribution < 1.29 is 22.4 Å². The highest BCUT2D eigenvalue weighted by molar-refractivity contribution is 6.31. The summed E-state index contributed by atoms with van der Waals surface area (Å²) in [5.74, 6) is -1.37. The summed E-state index contributed by atoms with van der Waals surface area (Å²) in [6.07, 6.45) is -4.82. The molecule has 156 valence electrons. The van der Waals surface area contributed by atoms with E-state index in [0.29, 0.717) is 49.9 Å². The molecule has 1 heterocycles. The van der Waals surface area contributed by atoms with Gasteiger partial charge in [-0.2, -0.15) is 13.2 Å². The molecule has 0 aliphatic carbocycles. The minimum absolute atomic E-state index is 0.0968. The number of nitrogens with zero attached hydrogens (tertiary/aromatic N) is 2. The summed E-state index contributed by atoms with van der Waals surface area (Å²) in [5, 5.41) is 3.12. The van der Waals surface area contributed by atoms with Crippen LogP contribution in [0, 0.1) is 12.7 Å². The molecule has 29 heavy (non-hydrogen) atoms. The fourth-order valence-electron chi connectivity index (χ4n) is 3.12. The lowest BCUT2D eigenvalue weighted by Gasteiger charge is -2.34. The maximum atomic E-state index is 13.4. The van der Waals surface area contributed by atoms with E-state index in [-0.39, 0.29) is 5.69 Å². The predicted molar refractivity (Wildman–Crippen MR) is 103 cm³/mol. The molecule has 0 saturated carbocycles. The van der Waals surface area contributed by atoms with Gasteiger partial charge in [-0.1, -0.05) is 23.7 Å². The third-order valence-electron chi connectivity index (χ3n) is 4.82. The summed E-state index contributed by atoms with van der Waals surface area (Å²) in [6.45, 7) is 4.73. The molecule has 2 aromatic rings. The Morgan fingerprint density at radius 3 is 2.41 bits per heavy atom. The van der Waals surface area contributed by atoms with Crippen LogP contribution in [0.5, 0.6) is 0 Å². The molecule has 0 radical (unpaired) electrons. The molecule has 9 heteroatoms. The lowest BCUT2D eigenvalue weighted by Crippen LogP contribution is -2.49. The highest BCUT2D eigenvalue weighted by Crippen LogP contribution is 2.33. The molecular formula is C20H20ClF4N3O. The zero-order valence-electron chi connectivity index (χ0n) is 15.7. The summed E-state index contributed by atoms with van der Waals surface area (Å²) in [6, 6.07) is 7.78. The molecule has 0 unspecified atom stereocenters. The average molecular weight is 430 g/mol. The van der Waals surface area contributed by atoms with E-state index in [0.717, 1.165) is 17.2 Å². The number of urea groups is 1. The molecule has 0 spiro atoms. The molecule has 4 nitrogen and oxygen atoms in total. The Kier molecular flexibility index (Phi) is 6.33. The fourth-order valence-corrected chi connectivity index (χ4v) is 3.33. The Hall–Kier alpha value is -2.32. The first-order valence-corrected chi connectivity index (χ1v) is 9.41. The number of piperazine rings is 1. The number of hydrogen-bond donors (Lipinski definition) is 1. The van der Waals surface area contributed by atoms with Crippen molar-refractivity contribution in [2.24, 2.45) is 0 Å². The second-order valence-electron chi connectivity index (χ2n) is 6.97. The summed E-state index contributed by atoms with van der Waals surface area (Å²) >= 11 is 6.15. The third-order valence-corrected chi connectivity index (χ3v) is 5.23. The van der Waals surface area contributed by atoms with Crippen LogP contribution in [0.25, 0.3) is 0 Å². The van der Waals surface area contributed by atoms with Crippen molar-refractivity contribution >= 4 is 23.3 Å². The normalized spacial score (nSPS) is 15.4. The van der Waals surface area contributed by atoms with Crippen molar-refractivity contribution in [3.63, 3.8) is 0 Å². The van der Waals surface area contributed by atoms with Gasteiger partial charge in [-0.05, 0) is 42.3 Å². The molecule has 1 N–H and O–H groups in total. The van der Waals surface area contributed by atoms with Crippen LogP contribution >= 0.6 is 11.6 Å². The van der Waals surface area contributed by atoms with Crippen molar-refractivity contribution in [2.45, 2.75) is 19.6 Å². The lowest BCUT2D eigenvalue weighted by molar-refractivity contribution is -0.139. The molecule has 1 aliphatic rings. The van der Waals surface area contributed by atoms with Crippen molar-refractivity contribution in [1.82, 2.24) is 9.80 Å². The number of aryl methyl sites for hydroxylation is 1. The summed E-state index contributed by atoms with van der Waals surface area (Å²) in [5.41, 5.74) is 0.577. The van der Waals surface area contributed by atoms with Crippen LogP contribution in [-0.2, 0) is 12.7 Å². The number of halogens is 5. The number of carbonyl (C=O) groups excluding carboxylic acids is 1. The first-order chi connectivity index (χ1) is 13.6. The van der Waals surface area contributed by atoms with Crippen LogP contribution in [0.3, 0.4) is 0 Å². The van der Waals surface area contributed by atoms with E-state index in [4.69, 9.17) is 11.6 Å². The number of nitrogens with one attached hydrogen (secondary N) is 1. The van der Waals surface area contributed by atoms with Gasteiger partial charge in [0.25, 0.3) is 0 Å². The van der Waals surface area contributed by atoms with E-state index in [2.05, 4.69) is 10.2 Å². The van der Waals surface area contributed by atoms with Gasteiger partial charge in [-0.25, -0.2) is 9.18 Å². The second kappa shape index (κ2) is 8.59. The van der Waals surface area contributed by atoms with Crippen LogP contribution in [0.4, 0.5) is 28.0 Å². The Balaban J connectivity index is 1.55. The van der Waals surface area contributed by atoms with Crippen LogP contribution in [0.15, 0.2) is 36.4 Å². The number of benzene rings is 2. The zero-order chi connectivity index (χ0) is 21.2. The van der Waals surface area contributed by atoms with Crippen molar-refractivity contribution in [3.8, 4) is 0 Å². The summed E-state index contributed by atoms with van der Waals surface area (Å²) in [4.78, 5) is 16.1. The number of anilines is 1.